The molecule has 0 fully saturated rings. The van der Waals surface area contributed by atoms with E-state index in [0.717, 1.165) is 6.42 Å². The third kappa shape index (κ3) is 1.54. The van der Waals surface area contributed by atoms with Gasteiger partial charge in [-0.1, -0.05) is 6.92 Å². The molecule has 2 rings (SSSR count). The number of ether oxygens (including phenoxy) is 2. The molecule has 0 unspecified atom stereocenters. The summed E-state index contributed by atoms with van der Waals surface area (Å²) in [5.74, 6) is -2.26. The topological polar surface area (TPSA) is 76.0 Å². The van der Waals surface area contributed by atoms with Gasteiger partial charge in [0.15, 0.2) is 11.5 Å². The first-order chi connectivity index (χ1) is 8.46. The molecule has 0 saturated heterocycles. The highest BCUT2D eigenvalue weighted by atomic mass is 16.7. The minimum Gasteiger partial charge on any atom is -0.504 e. The standard InChI is InChI=1S/C13H16O5/c1-4-5-13(17-3)8-6-9(14)11(15)7(2)10(8)12(16)18-13/h6,14-15H,4-5H2,1-3H3/t13-/m0/s1. The predicted molar refractivity (Wildman–Crippen MR) is 63.5 cm³/mol. The van der Waals surface area contributed by atoms with E-state index in [1.54, 1.807) is 6.92 Å². The summed E-state index contributed by atoms with van der Waals surface area (Å²) in [6.45, 7) is 3.51. The van der Waals surface area contributed by atoms with Crippen molar-refractivity contribution in [2.75, 3.05) is 7.11 Å². The Bertz CT molecular complexity index is 509. The molecule has 0 amide bonds. The van der Waals surface area contributed by atoms with Crippen LogP contribution in [0.15, 0.2) is 6.07 Å². The van der Waals surface area contributed by atoms with E-state index >= 15 is 0 Å². The maximum atomic E-state index is 11.9. The smallest absolute Gasteiger partial charge is 0.341 e. The number of fused-ring (bicyclic) bond motifs is 1. The highest BCUT2D eigenvalue weighted by molar-refractivity contribution is 5.97. The Morgan fingerprint density at radius 1 is 1.44 bits per heavy atom. The van der Waals surface area contributed by atoms with Crippen LogP contribution in [0.4, 0.5) is 0 Å². The van der Waals surface area contributed by atoms with Gasteiger partial charge in [-0.25, -0.2) is 4.79 Å². The Labute approximate surface area is 105 Å². The molecule has 18 heavy (non-hydrogen) atoms. The Morgan fingerprint density at radius 2 is 2.11 bits per heavy atom. The number of phenols is 2. The van der Waals surface area contributed by atoms with Gasteiger partial charge in [0.25, 0.3) is 0 Å². The quantitative estimate of drug-likeness (QED) is 0.637. The molecule has 0 aromatic heterocycles. The van der Waals surface area contributed by atoms with Gasteiger partial charge >= 0.3 is 5.97 Å². The van der Waals surface area contributed by atoms with Crippen LogP contribution in [-0.4, -0.2) is 23.3 Å². The van der Waals surface area contributed by atoms with Crippen LogP contribution in [0.25, 0.3) is 0 Å². The van der Waals surface area contributed by atoms with E-state index in [0.29, 0.717) is 17.5 Å². The normalized spacial score (nSPS) is 21.8. The van der Waals surface area contributed by atoms with Gasteiger partial charge in [0.1, 0.15) is 0 Å². The van der Waals surface area contributed by atoms with Crippen molar-refractivity contribution in [1.29, 1.82) is 0 Å². The molecule has 1 aliphatic heterocycles. The van der Waals surface area contributed by atoms with E-state index in [9.17, 15) is 15.0 Å². The van der Waals surface area contributed by atoms with E-state index in [2.05, 4.69) is 0 Å². The summed E-state index contributed by atoms with van der Waals surface area (Å²) in [5, 5.41) is 19.3. The highest BCUT2D eigenvalue weighted by Crippen LogP contribution is 2.46. The zero-order valence-electron chi connectivity index (χ0n) is 10.6. The number of carbonyl (C=O) groups excluding carboxylic acids is 1. The summed E-state index contributed by atoms with van der Waals surface area (Å²) in [6.07, 6.45) is 1.24. The summed E-state index contributed by atoms with van der Waals surface area (Å²) in [6, 6.07) is 1.34. The average molecular weight is 252 g/mol. The van der Waals surface area contributed by atoms with E-state index in [1.807, 2.05) is 6.92 Å². The van der Waals surface area contributed by atoms with Crippen molar-refractivity contribution in [2.24, 2.45) is 0 Å². The molecule has 1 aliphatic rings. The molecule has 1 aromatic rings. The number of aromatic hydroxyl groups is 2. The van der Waals surface area contributed by atoms with Crippen LogP contribution in [-0.2, 0) is 15.3 Å². The highest BCUT2D eigenvalue weighted by Gasteiger charge is 2.47. The Hall–Kier alpha value is -1.75. The third-order valence-electron chi connectivity index (χ3n) is 3.30. The molecular weight excluding hydrogens is 236 g/mol. The van der Waals surface area contributed by atoms with Gasteiger partial charge < -0.3 is 19.7 Å². The molecule has 0 spiro atoms. The lowest BCUT2D eigenvalue weighted by Gasteiger charge is -2.26. The fourth-order valence-corrected chi connectivity index (χ4v) is 2.38. The fourth-order valence-electron chi connectivity index (χ4n) is 2.38. The maximum Gasteiger partial charge on any atom is 0.341 e. The number of esters is 1. The second-order valence-electron chi connectivity index (χ2n) is 4.39. The van der Waals surface area contributed by atoms with Gasteiger partial charge in [-0.05, 0) is 19.4 Å². The number of phenolic OH excluding ortho intramolecular Hbond substituents is 2. The lowest BCUT2D eigenvalue weighted by Crippen LogP contribution is -2.28. The van der Waals surface area contributed by atoms with E-state index in [-0.39, 0.29) is 17.1 Å². The molecule has 5 heteroatoms. The number of benzene rings is 1. The number of hydrogen-bond acceptors (Lipinski definition) is 5. The molecule has 0 aliphatic carbocycles. The number of cyclic esters (lactones) is 1. The second kappa shape index (κ2) is 4.17. The lowest BCUT2D eigenvalue weighted by atomic mass is 9.94. The van der Waals surface area contributed by atoms with Crippen LogP contribution in [0, 0.1) is 6.92 Å². The summed E-state index contributed by atoms with van der Waals surface area (Å²) >= 11 is 0. The van der Waals surface area contributed by atoms with Crippen LogP contribution < -0.4 is 0 Å². The van der Waals surface area contributed by atoms with Crippen molar-refractivity contribution >= 4 is 5.97 Å². The Balaban J connectivity index is 2.69. The molecule has 0 saturated carbocycles. The molecule has 2 N–H and O–H groups in total. The molecule has 98 valence electrons. The van der Waals surface area contributed by atoms with Gasteiger partial charge in [-0.3, -0.25) is 0 Å². The van der Waals surface area contributed by atoms with Crippen molar-refractivity contribution in [3.63, 3.8) is 0 Å². The first-order valence-corrected chi connectivity index (χ1v) is 5.81. The Morgan fingerprint density at radius 3 is 2.67 bits per heavy atom. The number of hydrogen-bond donors (Lipinski definition) is 2. The lowest BCUT2D eigenvalue weighted by molar-refractivity contribution is -0.191. The number of methoxy groups -OCH3 is 1. The van der Waals surface area contributed by atoms with Gasteiger partial charge in [0, 0.05) is 24.7 Å². The minimum absolute atomic E-state index is 0.276. The van der Waals surface area contributed by atoms with Crippen LogP contribution in [0.2, 0.25) is 0 Å². The molecule has 1 aromatic carbocycles. The number of carbonyl (C=O) groups is 1. The predicted octanol–water partition coefficient (Wildman–Crippen LogP) is 2.18. The molecule has 0 bridgehead atoms. The van der Waals surface area contributed by atoms with Gasteiger partial charge in [0.05, 0.1) is 5.56 Å². The van der Waals surface area contributed by atoms with Gasteiger partial charge in [-0.15, -0.1) is 0 Å². The van der Waals surface area contributed by atoms with Crippen LogP contribution in [0.5, 0.6) is 11.5 Å². The van der Waals surface area contributed by atoms with Crippen molar-refractivity contribution in [1.82, 2.24) is 0 Å². The third-order valence-corrected chi connectivity index (χ3v) is 3.30. The summed E-state index contributed by atoms with van der Waals surface area (Å²) in [4.78, 5) is 11.9. The van der Waals surface area contributed by atoms with Crippen LogP contribution in [0.3, 0.4) is 0 Å². The van der Waals surface area contributed by atoms with Crippen molar-refractivity contribution in [2.45, 2.75) is 32.5 Å². The van der Waals surface area contributed by atoms with Crippen LogP contribution in [0.1, 0.15) is 41.3 Å². The monoisotopic (exact) mass is 252 g/mol. The maximum absolute atomic E-state index is 11.9. The molecular formula is C13H16O5. The largest absolute Gasteiger partial charge is 0.504 e. The van der Waals surface area contributed by atoms with Crippen molar-refractivity contribution < 1.29 is 24.5 Å². The Kier molecular flexibility index (Phi) is 2.94. The average Bonchev–Trinajstić information content (AvgIpc) is 2.60. The van der Waals surface area contributed by atoms with Crippen LogP contribution >= 0.6 is 0 Å². The second-order valence-corrected chi connectivity index (χ2v) is 4.39. The molecule has 1 atom stereocenters. The van der Waals surface area contributed by atoms with E-state index in [1.165, 1.54) is 13.2 Å². The molecule has 5 nitrogen and oxygen atoms in total. The molecule has 0 radical (unpaired) electrons. The van der Waals surface area contributed by atoms with E-state index in [4.69, 9.17) is 9.47 Å². The number of rotatable bonds is 3. The molecule has 1 heterocycles. The summed E-state index contributed by atoms with van der Waals surface area (Å²) in [5.41, 5.74) is 1.07. The zero-order chi connectivity index (χ0) is 13.5. The zero-order valence-corrected chi connectivity index (χ0v) is 10.6. The van der Waals surface area contributed by atoms with Crippen molar-refractivity contribution in [3.8, 4) is 11.5 Å². The van der Waals surface area contributed by atoms with Gasteiger partial charge in [0.2, 0.25) is 5.79 Å². The SMILES string of the molecule is CCC[C@]1(OC)OC(=O)c2c1cc(O)c(O)c2C. The fraction of sp³-hybridized carbons (Fsp3) is 0.462. The first-order valence-electron chi connectivity index (χ1n) is 5.81. The minimum atomic E-state index is -1.16. The van der Waals surface area contributed by atoms with Crippen molar-refractivity contribution in [3.05, 3.63) is 22.8 Å². The summed E-state index contributed by atoms with van der Waals surface area (Å²) < 4.78 is 10.7. The summed E-state index contributed by atoms with van der Waals surface area (Å²) in [7, 11) is 1.46. The van der Waals surface area contributed by atoms with Gasteiger partial charge in [-0.2, -0.15) is 0 Å². The first kappa shape index (κ1) is 12.7. The van der Waals surface area contributed by atoms with E-state index < -0.39 is 11.8 Å².